The number of thioether (sulfide) groups is 1. The van der Waals surface area contributed by atoms with Gasteiger partial charge in [0.2, 0.25) is 0 Å². The predicted octanol–water partition coefficient (Wildman–Crippen LogP) is 3.67. The third-order valence-electron chi connectivity index (χ3n) is 2.30. The van der Waals surface area contributed by atoms with Crippen LogP contribution in [-0.2, 0) is 0 Å². The smallest absolute Gasteiger partial charge is 0.327 e. The second-order valence-corrected chi connectivity index (χ2v) is 6.31. The molecule has 0 aliphatic carbocycles. The van der Waals surface area contributed by atoms with Gasteiger partial charge in [0, 0.05) is 6.04 Å². The van der Waals surface area contributed by atoms with E-state index in [9.17, 15) is 13.2 Å². The van der Waals surface area contributed by atoms with Crippen LogP contribution in [0.15, 0.2) is 28.6 Å². The Balaban J connectivity index is 2.26. The molecular formula is C11H11F3N2S2. The molecule has 0 saturated heterocycles. The summed E-state index contributed by atoms with van der Waals surface area (Å²) in [4.78, 5) is 4.17. The maximum atomic E-state index is 12.8. The summed E-state index contributed by atoms with van der Waals surface area (Å²) in [6.07, 6.45) is -4.32. The molecule has 0 radical (unpaired) electrons. The summed E-state index contributed by atoms with van der Waals surface area (Å²) >= 11 is 1.94. The van der Waals surface area contributed by atoms with Gasteiger partial charge in [-0.25, -0.2) is 4.98 Å². The maximum absolute atomic E-state index is 12.8. The minimum atomic E-state index is -4.32. The molecule has 0 amide bonds. The van der Waals surface area contributed by atoms with E-state index in [0.717, 1.165) is 10.2 Å². The molecule has 1 aromatic carbocycles. The number of hydrogen-bond acceptors (Lipinski definition) is 4. The molecule has 0 bridgehead atoms. The predicted molar refractivity (Wildman–Crippen MR) is 69.0 cm³/mol. The molecular weight excluding hydrogens is 281 g/mol. The van der Waals surface area contributed by atoms with Gasteiger partial charge in [-0.15, -0.1) is 11.3 Å². The van der Waals surface area contributed by atoms with Gasteiger partial charge >= 0.3 is 6.18 Å². The molecule has 7 heteroatoms. The number of thiazole rings is 1. The largest absolute Gasteiger partial charge is 0.402 e. The molecule has 0 saturated carbocycles. The van der Waals surface area contributed by atoms with E-state index in [2.05, 4.69) is 4.98 Å². The van der Waals surface area contributed by atoms with Gasteiger partial charge in [0.25, 0.3) is 0 Å². The number of nitrogens with zero attached hydrogens (tertiary/aromatic N) is 1. The average Bonchev–Trinajstić information content (AvgIpc) is 2.66. The summed E-state index contributed by atoms with van der Waals surface area (Å²) in [5, 5.41) is -1.63. The van der Waals surface area contributed by atoms with Gasteiger partial charge in [-0.05, 0) is 19.1 Å². The molecule has 2 aromatic rings. The van der Waals surface area contributed by atoms with Crippen LogP contribution in [0.4, 0.5) is 13.2 Å². The van der Waals surface area contributed by atoms with Crippen LogP contribution in [0.1, 0.15) is 6.92 Å². The van der Waals surface area contributed by atoms with Gasteiger partial charge in [0.15, 0.2) is 4.34 Å². The van der Waals surface area contributed by atoms with Crippen LogP contribution in [0, 0.1) is 0 Å². The minimum absolute atomic E-state index is 0.399. The molecule has 0 spiro atoms. The Morgan fingerprint density at radius 1 is 1.33 bits per heavy atom. The van der Waals surface area contributed by atoms with Crippen LogP contribution in [0.5, 0.6) is 0 Å². The first kappa shape index (κ1) is 13.6. The van der Waals surface area contributed by atoms with E-state index >= 15 is 0 Å². The summed E-state index contributed by atoms with van der Waals surface area (Å²) in [6, 6.07) is 6.29. The molecule has 18 heavy (non-hydrogen) atoms. The number of benzene rings is 1. The van der Waals surface area contributed by atoms with E-state index in [4.69, 9.17) is 5.73 Å². The lowest BCUT2D eigenvalue weighted by molar-refractivity contribution is -0.131. The summed E-state index contributed by atoms with van der Waals surface area (Å²) < 4.78 is 39.6. The standard InChI is InChI=1S/C11H11F3N2S2/c1-6(15)9(11(12,13)14)18-10-16-7-4-2-3-5-8(7)17-10/h2-6,9H,15H2,1H3. The number of nitrogens with two attached hydrogens (primary N) is 1. The molecule has 0 aliphatic heterocycles. The number of fused-ring (bicyclic) bond motifs is 1. The molecule has 0 fully saturated rings. The fourth-order valence-corrected chi connectivity index (χ4v) is 3.67. The van der Waals surface area contributed by atoms with Gasteiger partial charge in [-0.3, -0.25) is 0 Å². The van der Waals surface area contributed by atoms with E-state index < -0.39 is 17.5 Å². The van der Waals surface area contributed by atoms with Crippen molar-refractivity contribution in [3.8, 4) is 0 Å². The van der Waals surface area contributed by atoms with Crippen LogP contribution >= 0.6 is 23.1 Å². The number of para-hydroxylation sites is 1. The highest BCUT2D eigenvalue weighted by Gasteiger charge is 2.43. The van der Waals surface area contributed by atoms with E-state index in [1.54, 1.807) is 6.07 Å². The van der Waals surface area contributed by atoms with Crippen LogP contribution in [0.3, 0.4) is 0 Å². The Bertz CT molecular complexity index is 503. The summed E-state index contributed by atoms with van der Waals surface area (Å²) in [5.74, 6) is 0. The Morgan fingerprint density at radius 3 is 2.56 bits per heavy atom. The van der Waals surface area contributed by atoms with Crippen molar-refractivity contribution in [1.29, 1.82) is 0 Å². The van der Waals surface area contributed by atoms with Crippen LogP contribution in [0.25, 0.3) is 10.2 Å². The van der Waals surface area contributed by atoms with Crippen molar-refractivity contribution >= 4 is 33.3 Å². The molecule has 1 heterocycles. The Hall–Kier alpha value is -0.790. The normalized spacial score (nSPS) is 15.8. The van der Waals surface area contributed by atoms with E-state index in [0.29, 0.717) is 16.1 Å². The zero-order valence-corrected chi connectivity index (χ0v) is 11.1. The van der Waals surface area contributed by atoms with Crippen LogP contribution in [-0.4, -0.2) is 22.5 Å². The highest BCUT2D eigenvalue weighted by molar-refractivity contribution is 8.01. The van der Waals surface area contributed by atoms with Crippen molar-refractivity contribution in [3.05, 3.63) is 24.3 Å². The van der Waals surface area contributed by atoms with Crippen molar-refractivity contribution in [2.45, 2.75) is 28.7 Å². The molecule has 2 unspecified atom stereocenters. The minimum Gasteiger partial charge on any atom is -0.327 e. The quantitative estimate of drug-likeness (QED) is 0.877. The van der Waals surface area contributed by atoms with Crippen molar-refractivity contribution < 1.29 is 13.2 Å². The topological polar surface area (TPSA) is 38.9 Å². The fourth-order valence-electron chi connectivity index (χ4n) is 1.48. The first-order chi connectivity index (χ1) is 8.38. The summed E-state index contributed by atoms with van der Waals surface area (Å²) in [6.45, 7) is 1.36. The Labute approximate surface area is 110 Å². The molecule has 1 aromatic heterocycles. The number of halogens is 3. The number of aromatic nitrogens is 1. The average molecular weight is 292 g/mol. The van der Waals surface area contributed by atoms with Gasteiger partial charge in [-0.2, -0.15) is 13.2 Å². The third-order valence-corrected chi connectivity index (χ3v) is 4.92. The highest BCUT2D eigenvalue weighted by Crippen LogP contribution is 2.39. The van der Waals surface area contributed by atoms with Gasteiger partial charge < -0.3 is 5.73 Å². The van der Waals surface area contributed by atoms with Gasteiger partial charge in [0.05, 0.1) is 10.2 Å². The van der Waals surface area contributed by atoms with Crippen molar-refractivity contribution in [2.75, 3.05) is 0 Å². The third kappa shape index (κ3) is 2.96. The second-order valence-electron chi connectivity index (χ2n) is 3.89. The van der Waals surface area contributed by atoms with Crippen LogP contribution in [0.2, 0.25) is 0 Å². The lowest BCUT2D eigenvalue weighted by Gasteiger charge is -2.21. The van der Waals surface area contributed by atoms with Crippen molar-refractivity contribution in [3.63, 3.8) is 0 Å². The maximum Gasteiger partial charge on any atom is 0.402 e. The molecule has 2 N–H and O–H groups in total. The zero-order chi connectivity index (χ0) is 13.3. The second kappa shape index (κ2) is 5.07. The Kier molecular flexibility index (Phi) is 3.84. The monoisotopic (exact) mass is 292 g/mol. The number of alkyl halides is 3. The molecule has 2 nitrogen and oxygen atoms in total. The molecule has 2 atom stereocenters. The summed E-state index contributed by atoms with van der Waals surface area (Å²) in [5.41, 5.74) is 6.12. The van der Waals surface area contributed by atoms with E-state index in [1.807, 2.05) is 18.2 Å². The lowest BCUT2D eigenvalue weighted by atomic mass is 10.2. The first-order valence-corrected chi connectivity index (χ1v) is 6.92. The van der Waals surface area contributed by atoms with Crippen molar-refractivity contribution in [2.24, 2.45) is 5.73 Å². The SMILES string of the molecule is CC(N)C(Sc1nc2ccccc2s1)C(F)(F)F. The number of hydrogen-bond donors (Lipinski definition) is 1. The lowest BCUT2D eigenvalue weighted by Crippen LogP contribution is -2.40. The molecule has 0 aliphatic rings. The van der Waals surface area contributed by atoms with Gasteiger partial charge in [0.1, 0.15) is 5.25 Å². The molecule has 2 rings (SSSR count). The van der Waals surface area contributed by atoms with Crippen molar-refractivity contribution in [1.82, 2.24) is 4.98 Å². The fraction of sp³-hybridized carbons (Fsp3) is 0.364. The number of rotatable bonds is 3. The molecule has 98 valence electrons. The van der Waals surface area contributed by atoms with Crippen LogP contribution < -0.4 is 5.73 Å². The van der Waals surface area contributed by atoms with E-state index in [1.165, 1.54) is 18.3 Å². The Morgan fingerprint density at radius 2 is 2.00 bits per heavy atom. The summed E-state index contributed by atoms with van der Waals surface area (Å²) in [7, 11) is 0. The highest BCUT2D eigenvalue weighted by atomic mass is 32.2. The first-order valence-electron chi connectivity index (χ1n) is 5.22. The van der Waals surface area contributed by atoms with Gasteiger partial charge in [-0.1, -0.05) is 23.9 Å². The zero-order valence-electron chi connectivity index (χ0n) is 9.44. The van der Waals surface area contributed by atoms with E-state index in [-0.39, 0.29) is 0 Å².